The molecule has 0 fully saturated rings. The number of anilines is 6. The van der Waals surface area contributed by atoms with Crippen LogP contribution in [0.4, 0.5) is 34.1 Å². The molecule has 0 aliphatic heterocycles. The Balaban J connectivity index is 1.01. The Labute approximate surface area is 364 Å². The highest BCUT2D eigenvalue weighted by molar-refractivity contribution is 6.10. The van der Waals surface area contributed by atoms with E-state index in [1.807, 2.05) is 45.7 Å². The summed E-state index contributed by atoms with van der Waals surface area (Å²) in [7, 11) is 0. The van der Waals surface area contributed by atoms with Crippen LogP contribution >= 0.6 is 0 Å². The van der Waals surface area contributed by atoms with Gasteiger partial charge in [0.25, 0.3) is 0 Å². The minimum absolute atomic E-state index is 0.337. The van der Waals surface area contributed by atoms with Crippen molar-refractivity contribution >= 4 is 55.9 Å². The Bertz CT molecular complexity index is 3520. The summed E-state index contributed by atoms with van der Waals surface area (Å²) in [5.74, 6) is 0. The minimum atomic E-state index is -0.337. The fraction of sp³-hybridized carbons (Fsp3) is 0.0545. The van der Waals surface area contributed by atoms with Gasteiger partial charge in [-0.3, -0.25) is 0 Å². The molecule has 0 spiro atoms. The molecular weight excluding hydrogens is 773 g/mol. The van der Waals surface area contributed by atoms with Crippen molar-refractivity contribution in [1.82, 2.24) is 29.7 Å². The Morgan fingerprint density at radius 3 is 1.54 bits per heavy atom. The topological polar surface area (TPSA) is 66.9 Å². The Hall–Kier alpha value is -8.36. The SMILES string of the molecule is CC1(C)c2cc(N(c3ccccc3)c3cccc(-c4nnn5ccccc45)c3)ccc2-c2c1cc(N(c1ccccc1)c1cccc(-c3nnn4ccccc34)c1)c1ccccc21. The first-order valence-electron chi connectivity index (χ1n) is 21.2. The van der Waals surface area contributed by atoms with Crippen LogP contribution in [-0.4, -0.2) is 29.7 Å². The Morgan fingerprint density at radius 1 is 0.413 bits per heavy atom. The number of hydrogen-bond acceptors (Lipinski definition) is 6. The van der Waals surface area contributed by atoms with Gasteiger partial charge in [-0.05, 0) is 119 Å². The zero-order valence-electron chi connectivity index (χ0n) is 34.7. The molecule has 1 aliphatic carbocycles. The van der Waals surface area contributed by atoms with Crippen molar-refractivity contribution in [3.8, 4) is 33.6 Å². The van der Waals surface area contributed by atoms with Gasteiger partial charge >= 0.3 is 0 Å². The summed E-state index contributed by atoms with van der Waals surface area (Å²) >= 11 is 0. The molecule has 0 atom stereocenters. The molecule has 0 N–H and O–H groups in total. The standard InChI is InChI=1S/C55H40N8/c1-55(2)47-35-43(62(39-19-5-3-6-20-39)41-23-15-17-37(33-41)53-49-27-11-13-31-60(49)58-56-53)29-30-46(47)52-45-26-10-9-25-44(45)51(36-48(52)55)63(40-21-7-4-8-22-40)42-24-16-18-38(34-42)54-50-28-12-14-32-61(50)59-57-54/h3-36H,1-2H3. The molecule has 12 rings (SSSR count). The normalized spacial score (nSPS) is 12.7. The van der Waals surface area contributed by atoms with E-state index in [-0.39, 0.29) is 5.41 Å². The molecule has 7 aromatic carbocycles. The van der Waals surface area contributed by atoms with Crippen LogP contribution in [0, 0.1) is 0 Å². The highest BCUT2D eigenvalue weighted by Crippen LogP contribution is 2.56. The molecule has 300 valence electrons. The fourth-order valence-corrected chi connectivity index (χ4v) is 9.59. The summed E-state index contributed by atoms with van der Waals surface area (Å²) in [5, 5.41) is 20.4. The van der Waals surface area contributed by atoms with Crippen molar-refractivity contribution in [3.63, 3.8) is 0 Å². The molecule has 8 nitrogen and oxygen atoms in total. The van der Waals surface area contributed by atoms with Crippen molar-refractivity contribution in [2.75, 3.05) is 9.80 Å². The first-order chi connectivity index (χ1) is 31.0. The maximum Gasteiger partial charge on any atom is 0.120 e. The van der Waals surface area contributed by atoms with Crippen LogP contribution in [0.25, 0.3) is 55.4 Å². The van der Waals surface area contributed by atoms with Crippen molar-refractivity contribution in [2.24, 2.45) is 0 Å². The van der Waals surface area contributed by atoms with Crippen LogP contribution in [0.1, 0.15) is 25.0 Å². The van der Waals surface area contributed by atoms with Gasteiger partial charge in [-0.2, -0.15) is 0 Å². The first kappa shape index (κ1) is 36.5. The summed E-state index contributed by atoms with van der Waals surface area (Å²) in [5.41, 5.74) is 16.8. The number of nitrogens with zero attached hydrogens (tertiary/aromatic N) is 8. The number of pyridine rings is 2. The highest BCUT2D eigenvalue weighted by atomic mass is 15.4. The highest BCUT2D eigenvalue weighted by Gasteiger charge is 2.38. The average Bonchev–Trinajstić information content (AvgIpc) is 4.03. The summed E-state index contributed by atoms with van der Waals surface area (Å²) in [4.78, 5) is 4.74. The second kappa shape index (κ2) is 14.4. The first-order valence-corrected chi connectivity index (χ1v) is 21.2. The lowest BCUT2D eigenvalue weighted by Crippen LogP contribution is -2.18. The number of hydrogen-bond donors (Lipinski definition) is 0. The molecule has 0 radical (unpaired) electrons. The molecule has 1 aliphatic rings. The molecule has 8 heteroatoms. The smallest absolute Gasteiger partial charge is 0.120 e. The summed E-state index contributed by atoms with van der Waals surface area (Å²) in [6.45, 7) is 4.74. The second-order valence-electron chi connectivity index (χ2n) is 16.6. The lowest BCUT2D eigenvalue weighted by molar-refractivity contribution is 0.661. The average molecular weight is 813 g/mol. The van der Waals surface area contributed by atoms with E-state index in [2.05, 4.69) is 214 Å². The number of aromatic nitrogens is 6. The van der Waals surface area contributed by atoms with Gasteiger partial charge in [0, 0.05) is 62.8 Å². The molecule has 4 aromatic heterocycles. The lowest BCUT2D eigenvalue weighted by Gasteiger charge is -2.30. The van der Waals surface area contributed by atoms with Gasteiger partial charge in [0.05, 0.1) is 16.7 Å². The van der Waals surface area contributed by atoms with Crippen LogP contribution in [0.2, 0.25) is 0 Å². The van der Waals surface area contributed by atoms with Gasteiger partial charge in [-0.15, -0.1) is 10.2 Å². The van der Waals surface area contributed by atoms with E-state index in [9.17, 15) is 0 Å². The molecule has 63 heavy (non-hydrogen) atoms. The molecular formula is C55H40N8. The van der Waals surface area contributed by atoms with Crippen molar-refractivity contribution in [2.45, 2.75) is 19.3 Å². The van der Waals surface area contributed by atoms with E-state index in [0.717, 1.165) is 67.7 Å². The maximum atomic E-state index is 4.62. The largest absolute Gasteiger partial charge is 0.310 e. The molecule has 11 aromatic rings. The van der Waals surface area contributed by atoms with Crippen LogP contribution in [0.3, 0.4) is 0 Å². The second-order valence-corrected chi connectivity index (χ2v) is 16.6. The molecule has 0 saturated carbocycles. The van der Waals surface area contributed by atoms with Gasteiger partial charge in [-0.25, -0.2) is 9.03 Å². The number of para-hydroxylation sites is 2. The van der Waals surface area contributed by atoms with E-state index < -0.39 is 0 Å². The van der Waals surface area contributed by atoms with Crippen LogP contribution in [-0.2, 0) is 5.41 Å². The maximum absolute atomic E-state index is 4.62. The fourth-order valence-electron chi connectivity index (χ4n) is 9.59. The summed E-state index contributed by atoms with van der Waals surface area (Å²) in [6, 6.07) is 69.0. The van der Waals surface area contributed by atoms with Gasteiger partial charge < -0.3 is 9.80 Å². The van der Waals surface area contributed by atoms with E-state index in [1.165, 1.54) is 33.0 Å². The number of fused-ring (bicyclic) bond motifs is 7. The summed E-state index contributed by atoms with van der Waals surface area (Å²) in [6.07, 6.45) is 3.87. The monoisotopic (exact) mass is 812 g/mol. The van der Waals surface area contributed by atoms with E-state index >= 15 is 0 Å². The predicted octanol–water partition coefficient (Wildman–Crippen LogP) is 13.5. The Kier molecular flexibility index (Phi) is 8.33. The Morgan fingerprint density at radius 2 is 0.921 bits per heavy atom. The molecule has 0 saturated heterocycles. The lowest BCUT2D eigenvalue weighted by atomic mass is 9.81. The van der Waals surface area contributed by atoms with Gasteiger partial charge in [0.2, 0.25) is 0 Å². The third-order valence-electron chi connectivity index (χ3n) is 12.6. The van der Waals surface area contributed by atoms with Crippen molar-refractivity contribution in [3.05, 3.63) is 218 Å². The third kappa shape index (κ3) is 5.90. The van der Waals surface area contributed by atoms with E-state index in [4.69, 9.17) is 0 Å². The van der Waals surface area contributed by atoms with Gasteiger partial charge in [0.15, 0.2) is 0 Å². The summed E-state index contributed by atoms with van der Waals surface area (Å²) < 4.78 is 3.65. The van der Waals surface area contributed by atoms with Gasteiger partial charge in [-0.1, -0.05) is 127 Å². The van der Waals surface area contributed by atoms with E-state index in [1.54, 1.807) is 0 Å². The number of benzene rings is 7. The van der Waals surface area contributed by atoms with Crippen LogP contribution in [0.15, 0.2) is 207 Å². The van der Waals surface area contributed by atoms with Gasteiger partial charge in [0.1, 0.15) is 11.4 Å². The number of rotatable bonds is 8. The molecule has 0 bridgehead atoms. The van der Waals surface area contributed by atoms with E-state index in [0.29, 0.717) is 0 Å². The molecule has 0 unspecified atom stereocenters. The molecule has 4 heterocycles. The zero-order chi connectivity index (χ0) is 42.1. The quantitative estimate of drug-likeness (QED) is 0.152. The van der Waals surface area contributed by atoms with Crippen LogP contribution in [0.5, 0.6) is 0 Å². The predicted molar refractivity (Wildman–Crippen MR) is 255 cm³/mol. The zero-order valence-corrected chi connectivity index (χ0v) is 34.7. The van der Waals surface area contributed by atoms with Crippen molar-refractivity contribution < 1.29 is 0 Å². The third-order valence-corrected chi connectivity index (χ3v) is 12.6. The minimum Gasteiger partial charge on any atom is -0.310 e. The molecule has 0 amide bonds. The van der Waals surface area contributed by atoms with Crippen molar-refractivity contribution in [1.29, 1.82) is 0 Å². The van der Waals surface area contributed by atoms with Crippen LogP contribution < -0.4 is 9.80 Å².